The number of carboxylic acid groups (broad SMARTS) is 2. The molecule has 3 rings (SSSR count). The van der Waals surface area contributed by atoms with E-state index in [1.165, 1.54) is 0 Å². The largest absolute Gasteiger partial charge is 0.479 e. The number of aliphatic hydroxyl groups excluding tert-OH is 2. The minimum absolute atomic E-state index is 0.635. The van der Waals surface area contributed by atoms with Crippen LogP contribution in [0.4, 0.5) is 4.79 Å². The maximum atomic E-state index is 13.7. The van der Waals surface area contributed by atoms with Gasteiger partial charge in [0.25, 0.3) is 0 Å². The number of aliphatic hydroxyl groups is 2. The molecular weight excluding hydrogens is 846 g/mol. The molecule has 0 aromatic heterocycles. The van der Waals surface area contributed by atoms with Crippen LogP contribution in [0.25, 0.3) is 0 Å². The molecular formula is C35H45N3O24. The van der Waals surface area contributed by atoms with Gasteiger partial charge in [-0.1, -0.05) is 0 Å². The lowest BCUT2D eigenvalue weighted by atomic mass is 9.39. The van der Waals surface area contributed by atoms with Crippen LogP contribution >= 0.6 is 0 Å². The molecule has 3 aliphatic rings. The molecule has 5 amide bonds. The van der Waals surface area contributed by atoms with Crippen LogP contribution in [0.3, 0.4) is 0 Å². The molecule has 0 aromatic carbocycles. The predicted octanol–water partition coefficient (Wildman–Crippen LogP) is -4.64. The van der Waals surface area contributed by atoms with E-state index in [0.29, 0.717) is 0 Å². The number of fused-ring (bicyclic) bond motifs is 4. The van der Waals surface area contributed by atoms with Gasteiger partial charge in [-0.3, -0.25) is 25.0 Å². The number of hydrogen-bond acceptors (Lipinski definition) is 22. The van der Waals surface area contributed by atoms with E-state index < -0.39 is 176 Å². The molecule has 2 aliphatic heterocycles. The van der Waals surface area contributed by atoms with Gasteiger partial charge in [-0.25, -0.2) is 43.2 Å². The lowest BCUT2D eigenvalue weighted by Gasteiger charge is -2.68. The summed E-state index contributed by atoms with van der Waals surface area (Å²) >= 11 is 0. The van der Waals surface area contributed by atoms with Gasteiger partial charge < -0.3 is 63.6 Å². The number of ether oxygens (including phenoxy) is 8. The molecule has 344 valence electrons. The first-order valence-electron chi connectivity index (χ1n) is 18.5. The number of urea groups is 1. The third kappa shape index (κ3) is 11.1. The van der Waals surface area contributed by atoms with Crippen molar-refractivity contribution in [1.29, 1.82) is 0 Å². The van der Waals surface area contributed by atoms with Crippen LogP contribution in [0.5, 0.6) is 0 Å². The zero-order chi connectivity index (χ0) is 47.0. The van der Waals surface area contributed by atoms with Crippen LogP contribution in [0.2, 0.25) is 0 Å². The van der Waals surface area contributed by atoms with Crippen molar-refractivity contribution >= 4 is 71.5 Å². The quantitative estimate of drug-likeness (QED) is 0.0305. The fourth-order valence-electron chi connectivity index (χ4n) is 6.48. The van der Waals surface area contributed by atoms with Gasteiger partial charge >= 0.3 is 53.8 Å². The van der Waals surface area contributed by atoms with E-state index in [4.69, 9.17) is 37.9 Å². The highest BCUT2D eigenvalue weighted by Crippen LogP contribution is 2.63. The Balaban J connectivity index is 1.92. The van der Waals surface area contributed by atoms with E-state index in [-0.39, 0.29) is 0 Å². The molecule has 27 nitrogen and oxygen atoms in total. The molecule has 2 heterocycles. The van der Waals surface area contributed by atoms with Crippen molar-refractivity contribution in [3.8, 4) is 0 Å². The fraction of sp³-hybridized carbons (Fsp3) is 0.657. The summed E-state index contributed by atoms with van der Waals surface area (Å²) in [5.74, 6) is -16.1. The standard InChI is InChI=1S/C35H45N3O24/c1-12(39)24(46)59-16(5)26(48)61-18(28(50)57-14(3)22(42)43)8-55-10-34-20(7-21(41)36-31(34)52)35(30(34)37-33(54)38-32(35)53)11-56-9-19(29(51)58-15(4)23(44)45)62-27(49)17(6)60-25(47)13(2)40/h12-20,30,39-40H,7-11H2,1-6H3,(H,42,43)(H,44,45)(H,36,41,52)(H2,37,38,53,54). The number of rotatable bonds is 22. The van der Waals surface area contributed by atoms with Crippen molar-refractivity contribution < 1.29 is 116 Å². The Kier molecular flexibility index (Phi) is 16.5. The second-order valence-electron chi connectivity index (χ2n) is 14.3. The Bertz CT molecular complexity index is 1710. The van der Waals surface area contributed by atoms with Crippen LogP contribution in [0.1, 0.15) is 48.0 Å². The lowest BCUT2D eigenvalue weighted by molar-refractivity contribution is -0.229. The molecule has 62 heavy (non-hydrogen) atoms. The third-order valence-electron chi connectivity index (χ3n) is 9.74. The number of piperidine rings is 1. The molecule has 12 unspecified atom stereocenters. The van der Waals surface area contributed by atoms with Crippen LogP contribution in [0.15, 0.2) is 0 Å². The predicted molar refractivity (Wildman–Crippen MR) is 189 cm³/mol. The number of esters is 6. The number of amides is 5. The van der Waals surface area contributed by atoms with Gasteiger partial charge in [0.2, 0.25) is 29.9 Å². The summed E-state index contributed by atoms with van der Waals surface area (Å²) in [4.78, 5) is 151. The number of hydrogen-bond donors (Lipinski definition) is 7. The number of imide groups is 2. The number of carbonyl (C=O) groups excluding carboxylic acids is 10. The molecule has 1 aliphatic carbocycles. The monoisotopic (exact) mass is 891 g/mol. The van der Waals surface area contributed by atoms with E-state index in [0.717, 1.165) is 41.5 Å². The highest BCUT2D eigenvalue weighted by Gasteiger charge is 2.80. The molecule has 0 bridgehead atoms. The minimum Gasteiger partial charge on any atom is -0.479 e. The highest BCUT2D eigenvalue weighted by atomic mass is 16.7. The van der Waals surface area contributed by atoms with Crippen molar-refractivity contribution in [2.24, 2.45) is 16.7 Å². The zero-order valence-corrected chi connectivity index (χ0v) is 33.8. The van der Waals surface area contributed by atoms with E-state index in [1.54, 1.807) is 0 Å². The van der Waals surface area contributed by atoms with Gasteiger partial charge in [0.1, 0.15) is 12.2 Å². The Hall–Kier alpha value is -6.32. The third-order valence-corrected chi connectivity index (χ3v) is 9.74. The molecule has 2 saturated heterocycles. The van der Waals surface area contributed by atoms with E-state index in [2.05, 4.69) is 10.6 Å². The molecule has 0 radical (unpaired) electrons. The molecule has 0 spiro atoms. The van der Waals surface area contributed by atoms with Crippen LogP contribution < -0.4 is 16.0 Å². The second kappa shape index (κ2) is 20.5. The molecule has 3 fully saturated rings. The Labute approximate surface area is 349 Å². The number of carbonyl (C=O) groups is 12. The molecule has 27 heteroatoms. The van der Waals surface area contributed by atoms with Crippen molar-refractivity contribution in [3.05, 3.63) is 0 Å². The number of aliphatic carboxylic acids is 2. The summed E-state index contributed by atoms with van der Waals surface area (Å²) in [5.41, 5.74) is -4.13. The average molecular weight is 892 g/mol. The smallest absolute Gasteiger partial charge is 0.350 e. The summed E-state index contributed by atoms with van der Waals surface area (Å²) in [5, 5.41) is 43.7. The molecule has 0 aromatic rings. The maximum absolute atomic E-state index is 13.7. The highest BCUT2D eigenvalue weighted by molar-refractivity contribution is 6.09. The van der Waals surface area contributed by atoms with E-state index in [1.807, 2.05) is 5.32 Å². The first-order valence-corrected chi connectivity index (χ1v) is 18.5. The van der Waals surface area contributed by atoms with Crippen molar-refractivity contribution in [2.75, 3.05) is 26.4 Å². The summed E-state index contributed by atoms with van der Waals surface area (Å²) in [6.07, 6.45) is -15.3. The first-order chi connectivity index (χ1) is 28.8. The van der Waals surface area contributed by atoms with Crippen LogP contribution in [-0.4, -0.2) is 173 Å². The maximum Gasteiger partial charge on any atom is 0.350 e. The second-order valence-corrected chi connectivity index (χ2v) is 14.3. The van der Waals surface area contributed by atoms with Crippen molar-refractivity contribution in [1.82, 2.24) is 16.0 Å². The molecule has 1 saturated carbocycles. The number of carboxylic acids is 2. The number of nitrogens with one attached hydrogen (secondary N) is 3. The van der Waals surface area contributed by atoms with Gasteiger partial charge in [0.15, 0.2) is 24.4 Å². The minimum atomic E-state index is -2.13. The van der Waals surface area contributed by atoms with Gasteiger partial charge in [0.05, 0.1) is 43.3 Å². The Morgan fingerprint density at radius 2 is 0.935 bits per heavy atom. The Morgan fingerprint density at radius 1 is 0.565 bits per heavy atom. The van der Waals surface area contributed by atoms with Gasteiger partial charge in [-0.15, -0.1) is 0 Å². The van der Waals surface area contributed by atoms with Gasteiger partial charge in [-0.05, 0) is 41.5 Å². The SMILES string of the molecule is CC(O)C(=O)OC(C)C(=O)OC(COCC12C(=O)NC(=O)CC1C1(COCC(OC(=O)C(C)OC(=O)C(C)O)C(=O)OC(C)C(=O)O)C(=O)NC(=O)NC21)C(=O)OC(C)C(=O)O. The van der Waals surface area contributed by atoms with Crippen molar-refractivity contribution in [2.45, 2.75) is 103 Å². The summed E-state index contributed by atoms with van der Waals surface area (Å²) in [6.45, 7) is 2.20. The topological polar surface area (TPSA) is 396 Å². The van der Waals surface area contributed by atoms with Gasteiger partial charge in [0, 0.05) is 12.3 Å². The zero-order valence-electron chi connectivity index (χ0n) is 33.8. The van der Waals surface area contributed by atoms with Crippen molar-refractivity contribution in [3.63, 3.8) is 0 Å². The summed E-state index contributed by atoms with van der Waals surface area (Å²) in [7, 11) is 0. The van der Waals surface area contributed by atoms with Gasteiger partial charge in [-0.2, -0.15) is 0 Å². The normalized spacial score (nSPS) is 25.2. The van der Waals surface area contributed by atoms with Crippen LogP contribution in [0, 0.1) is 16.7 Å². The van der Waals surface area contributed by atoms with Crippen LogP contribution in [-0.2, 0) is 90.6 Å². The van der Waals surface area contributed by atoms with E-state index in [9.17, 15) is 78.0 Å². The molecule has 7 N–H and O–H groups in total. The average Bonchev–Trinajstić information content (AvgIpc) is 3.17. The lowest BCUT2D eigenvalue weighted by Crippen LogP contribution is -2.88. The Morgan fingerprint density at radius 3 is 1.31 bits per heavy atom. The fourth-order valence-corrected chi connectivity index (χ4v) is 6.48. The van der Waals surface area contributed by atoms with E-state index >= 15 is 0 Å². The molecule has 12 atom stereocenters. The summed E-state index contributed by atoms with van der Waals surface area (Å²) in [6, 6.07) is -2.77. The summed E-state index contributed by atoms with van der Waals surface area (Å²) < 4.78 is 40.5. The first kappa shape index (κ1) is 50.0.